The van der Waals surface area contributed by atoms with Crippen LogP contribution in [0.4, 0.5) is 5.69 Å². The summed E-state index contributed by atoms with van der Waals surface area (Å²) >= 11 is 17.8. The smallest absolute Gasteiger partial charge is 0.156 e. The predicted octanol–water partition coefficient (Wildman–Crippen LogP) is 4.81. The van der Waals surface area contributed by atoms with Gasteiger partial charge in [0, 0.05) is 16.3 Å². The van der Waals surface area contributed by atoms with Crippen LogP contribution >= 0.6 is 34.8 Å². The highest BCUT2D eigenvalue weighted by atomic mass is 35.5. The number of rotatable bonds is 3. The van der Waals surface area contributed by atoms with Gasteiger partial charge in [-0.05, 0) is 24.3 Å². The average molecular weight is 303 g/mol. The van der Waals surface area contributed by atoms with Crippen molar-refractivity contribution in [2.75, 3.05) is 5.73 Å². The second-order valence-corrected chi connectivity index (χ2v) is 4.93. The van der Waals surface area contributed by atoms with E-state index in [0.717, 1.165) is 5.56 Å². The summed E-state index contributed by atoms with van der Waals surface area (Å²) in [5.74, 6) is 0.454. The van der Waals surface area contributed by atoms with Crippen molar-refractivity contribution in [3.8, 4) is 5.75 Å². The number of anilines is 1. The third-order valence-electron chi connectivity index (χ3n) is 2.40. The van der Waals surface area contributed by atoms with Crippen molar-refractivity contribution in [1.29, 1.82) is 0 Å². The lowest BCUT2D eigenvalue weighted by Crippen LogP contribution is -2.00. The van der Waals surface area contributed by atoms with Gasteiger partial charge < -0.3 is 10.5 Å². The highest BCUT2D eigenvalue weighted by Gasteiger charge is 2.08. The van der Waals surface area contributed by atoms with Gasteiger partial charge in [0.05, 0.1) is 10.0 Å². The van der Waals surface area contributed by atoms with Crippen LogP contribution < -0.4 is 10.5 Å². The molecular formula is C13H10Cl3NO. The molecule has 2 aromatic carbocycles. The molecule has 2 rings (SSSR count). The van der Waals surface area contributed by atoms with E-state index in [9.17, 15) is 0 Å². The standard InChI is InChI=1S/C13H10Cl3NO/c14-9-5-4-8(12(17)6-9)7-18-13-10(15)2-1-3-11(13)16/h1-6H,7,17H2. The van der Waals surface area contributed by atoms with Crippen molar-refractivity contribution in [1.82, 2.24) is 0 Å². The molecule has 2 nitrogen and oxygen atoms in total. The van der Waals surface area contributed by atoms with Crippen LogP contribution in [0.5, 0.6) is 5.75 Å². The molecular weight excluding hydrogens is 293 g/mol. The summed E-state index contributed by atoms with van der Waals surface area (Å²) in [6, 6.07) is 10.4. The number of ether oxygens (including phenoxy) is 1. The summed E-state index contributed by atoms with van der Waals surface area (Å²) in [5.41, 5.74) is 7.23. The second-order valence-electron chi connectivity index (χ2n) is 3.68. The molecule has 94 valence electrons. The molecule has 0 saturated carbocycles. The van der Waals surface area contributed by atoms with Crippen LogP contribution in [-0.2, 0) is 6.61 Å². The Morgan fingerprint density at radius 3 is 2.28 bits per heavy atom. The number of hydrogen-bond donors (Lipinski definition) is 1. The van der Waals surface area contributed by atoms with Gasteiger partial charge in [-0.15, -0.1) is 0 Å². The Hall–Kier alpha value is -1.09. The zero-order chi connectivity index (χ0) is 13.1. The van der Waals surface area contributed by atoms with E-state index in [1.807, 2.05) is 6.07 Å². The summed E-state index contributed by atoms with van der Waals surface area (Å²) in [6.07, 6.45) is 0. The van der Waals surface area contributed by atoms with E-state index in [1.54, 1.807) is 30.3 Å². The Kier molecular flexibility index (Phi) is 4.23. The molecule has 0 aromatic heterocycles. The van der Waals surface area contributed by atoms with Gasteiger partial charge in [0.15, 0.2) is 5.75 Å². The average Bonchev–Trinajstić information content (AvgIpc) is 2.31. The van der Waals surface area contributed by atoms with Crippen LogP contribution in [0.15, 0.2) is 36.4 Å². The Morgan fingerprint density at radius 1 is 1.00 bits per heavy atom. The minimum absolute atomic E-state index is 0.284. The summed E-state index contributed by atoms with van der Waals surface area (Å²) in [4.78, 5) is 0. The third kappa shape index (κ3) is 3.02. The van der Waals surface area contributed by atoms with Crippen molar-refractivity contribution < 1.29 is 4.74 Å². The lowest BCUT2D eigenvalue weighted by molar-refractivity contribution is 0.307. The number of nitrogens with two attached hydrogens (primary N) is 1. The lowest BCUT2D eigenvalue weighted by atomic mass is 10.2. The van der Waals surface area contributed by atoms with E-state index in [2.05, 4.69) is 0 Å². The normalized spacial score (nSPS) is 10.4. The van der Waals surface area contributed by atoms with Crippen molar-refractivity contribution in [2.45, 2.75) is 6.61 Å². The summed E-state index contributed by atoms with van der Waals surface area (Å²) in [7, 11) is 0. The Labute approximate surface area is 120 Å². The molecule has 0 fully saturated rings. The molecule has 0 spiro atoms. The molecule has 0 aliphatic rings. The van der Waals surface area contributed by atoms with Crippen LogP contribution in [0.25, 0.3) is 0 Å². The molecule has 0 saturated heterocycles. The first kappa shape index (κ1) is 13.3. The van der Waals surface area contributed by atoms with E-state index in [0.29, 0.717) is 26.5 Å². The van der Waals surface area contributed by atoms with Crippen molar-refractivity contribution >= 4 is 40.5 Å². The predicted molar refractivity (Wildman–Crippen MR) is 76.7 cm³/mol. The summed E-state index contributed by atoms with van der Waals surface area (Å²) in [6.45, 7) is 0.284. The SMILES string of the molecule is Nc1cc(Cl)ccc1COc1c(Cl)cccc1Cl. The zero-order valence-corrected chi connectivity index (χ0v) is 11.6. The van der Waals surface area contributed by atoms with Crippen LogP contribution in [-0.4, -0.2) is 0 Å². The molecule has 0 aliphatic carbocycles. The van der Waals surface area contributed by atoms with Gasteiger partial charge in [-0.3, -0.25) is 0 Å². The molecule has 5 heteroatoms. The topological polar surface area (TPSA) is 35.2 Å². The monoisotopic (exact) mass is 301 g/mol. The van der Waals surface area contributed by atoms with Crippen LogP contribution in [0.2, 0.25) is 15.1 Å². The number of benzene rings is 2. The summed E-state index contributed by atoms with van der Waals surface area (Å²) < 4.78 is 5.59. The minimum Gasteiger partial charge on any atom is -0.486 e. The zero-order valence-electron chi connectivity index (χ0n) is 9.29. The largest absolute Gasteiger partial charge is 0.486 e. The van der Waals surface area contributed by atoms with Crippen LogP contribution in [0, 0.1) is 0 Å². The molecule has 0 unspecified atom stereocenters. The quantitative estimate of drug-likeness (QED) is 0.826. The van der Waals surface area contributed by atoms with E-state index in [-0.39, 0.29) is 6.61 Å². The van der Waals surface area contributed by atoms with Crippen molar-refractivity contribution in [3.63, 3.8) is 0 Å². The number of halogens is 3. The fourth-order valence-corrected chi connectivity index (χ4v) is 2.15. The van der Waals surface area contributed by atoms with Gasteiger partial charge in [0.2, 0.25) is 0 Å². The molecule has 0 bridgehead atoms. The number of nitrogen functional groups attached to an aromatic ring is 1. The van der Waals surface area contributed by atoms with Gasteiger partial charge in [-0.25, -0.2) is 0 Å². The third-order valence-corrected chi connectivity index (χ3v) is 3.23. The maximum Gasteiger partial charge on any atom is 0.156 e. The van der Waals surface area contributed by atoms with Crippen LogP contribution in [0.3, 0.4) is 0 Å². The highest BCUT2D eigenvalue weighted by molar-refractivity contribution is 6.37. The van der Waals surface area contributed by atoms with E-state index < -0.39 is 0 Å². The first-order valence-corrected chi connectivity index (χ1v) is 6.32. The second kappa shape index (κ2) is 5.70. The molecule has 0 atom stereocenters. The Balaban J connectivity index is 2.16. The maximum absolute atomic E-state index is 6.00. The Bertz CT molecular complexity index is 552. The fraction of sp³-hybridized carbons (Fsp3) is 0.0769. The van der Waals surface area contributed by atoms with E-state index in [4.69, 9.17) is 45.3 Å². The van der Waals surface area contributed by atoms with Gasteiger partial charge in [-0.1, -0.05) is 46.9 Å². The molecule has 0 radical (unpaired) electrons. The first-order chi connectivity index (χ1) is 8.58. The summed E-state index contributed by atoms with van der Waals surface area (Å²) in [5, 5.41) is 1.53. The first-order valence-electron chi connectivity index (χ1n) is 5.18. The lowest BCUT2D eigenvalue weighted by Gasteiger charge is -2.11. The molecule has 2 aromatic rings. The fourth-order valence-electron chi connectivity index (χ4n) is 1.47. The maximum atomic E-state index is 6.00. The molecule has 0 aliphatic heterocycles. The van der Waals surface area contributed by atoms with Crippen molar-refractivity contribution in [2.24, 2.45) is 0 Å². The highest BCUT2D eigenvalue weighted by Crippen LogP contribution is 2.33. The molecule has 0 amide bonds. The van der Waals surface area contributed by atoms with Gasteiger partial charge in [-0.2, -0.15) is 0 Å². The molecule has 2 N–H and O–H groups in total. The molecule has 0 heterocycles. The van der Waals surface area contributed by atoms with Gasteiger partial charge in [0.1, 0.15) is 6.61 Å². The number of para-hydroxylation sites is 1. The molecule has 18 heavy (non-hydrogen) atoms. The van der Waals surface area contributed by atoms with Gasteiger partial charge >= 0.3 is 0 Å². The van der Waals surface area contributed by atoms with E-state index >= 15 is 0 Å². The Morgan fingerprint density at radius 2 is 1.67 bits per heavy atom. The van der Waals surface area contributed by atoms with E-state index in [1.165, 1.54) is 0 Å². The minimum atomic E-state index is 0.284. The number of hydrogen-bond acceptors (Lipinski definition) is 2. The van der Waals surface area contributed by atoms with Crippen molar-refractivity contribution in [3.05, 3.63) is 57.0 Å². The van der Waals surface area contributed by atoms with Gasteiger partial charge in [0.25, 0.3) is 0 Å². The van der Waals surface area contributed by atoms with Crippen LogP contribution in [0.1, 0.15) is 5.56 Å².